The van der Waals surface area contributed by atoms with E-state index in [0.29, 0.717) is 0 Å². The molecule has 0 N–H and O–H groups in total. The molecule has 2 aliphatic rings. The lowest BCUT2D eigenvalue weighted by Crippen LogP contribution is -2.48. The second kappa shape index (κ2) is 5.08. The highest BCUT2D eigenvalue weighted by molar-refractivity contribution is 4.85. The van der Waals surface area contributed by atoms with Gasteiger partial charge < -0.3 is 9.80 Å². The molecule has 3 heteroatoms. The monoisotopic (exact) mass is 202 g/mol. The van der Waals surface area contributed by atoms with Crippen molar-refractivity contribution in [3.63, 3.8) is 0 Å². The molecule has 1 heterocycles. The zero-order valence-electron chi connectivity index (χ0n) is 9.41. The molecule has 0 radical (unpaired) electrons. The number of hydrogen-bond donors (Lipinski definition) is 0. The molecule has 0 atom stereocenters. The summed E-state index contributed by atoms with van der Waals surface area (Å²) in [6, 6.07) is 1.80. The van der Waals surface area contributed by atoms with Crippen LogP contribution in [0.3, 0.4) is 0 Å². The third-order valence-electron chi connectivity index (χ3n) is 3.91. The smallest absolute Gasteiger partial charge is 0.0119 e. The molecule has 0 bridgehead atoms. The minimum Gasteiger partial charge on any atom is -0.306 e. The van der Waals surface area contributed by atoms with Gasteiger partial charge in [-0.2, -0.15) is 0 Å². The van der Waals surface area contributed by atoms with Gasteiger partial charge >= 0.3 is 0 Å². The normalized spacial score (nSPS) is 25.9. The fourth-order valence-electron chi connectivity index (χ4n) is 2.49. The van der Waals surface area contributed by atoms with Gasteiger partial charge in [0.25, 0.3) is 0 Å². The number of hydrogen-bond acceptors (Lipinski definition) is 2. The zero-order valence-corrected chi connectivity index (χ0v) is 9.41. The van der Waals surface area contributed by atoms with Gasteiger partial charge in [0.15, 0.2) is 0 Å². The van der Waals surface area contributed by atoms with Gasteiger partial charge in [-0.3, -0.25) is 4.70 Å². The Morgan fingerprint density at radius 1 is 1.00 bits per heavy atom. The van der Waals surface area contributed by atoms with Gasteiger partial charge in [-0.1, -0.05) is 6.42 Å². The molecule has 0 aromatic carbocycles. The first-order chi connectivity index (χ1) is 6.27. The van der Waals surface area contributed by atoms with Crippen molar-refractivity contribution in [2.24, 2.45) is 0 Å². The van der Waals surface area contributed by atoms with Crippen molar-refractivity contribution in [3.8, 4) is 0 Å². The maximum atomic E-state index is 2.65. The van der Waals surface area contributed by atoms with E-state index in [1.54, 1.807) is 0 Å². The van der Waals surface area contributed by atoms with Crippen LogP contribution in [0.4, 0.5) is 4.70 Å². The molecule has 2 rings (SSSR count). The molecule has 0 unspecified atom stereocenters. The average molecular weight is 202 g/mol. The lowest BCUT2D eigenvalue weighted by atomic mass is 9.89. The van der Waals surface area contributed by atoms with Crippen LogP contribution in [0.25, 0.3) is 0 Å². The quantitative estimate of drug-likeness (QED) is 0.672. The van der Waals surface area contributed by atoms with E-state index in [9.17, 15) is 0 Å². The van der Waals surface area contributed by atoms with Crippen molar-refractivity contribution in [2.45, 2.75) is 44.2 Å². The first kappa shape index (κ1) is 11.9. The lowest BCUT2D eigenvalue weighted by Gasteiger charge is -2.43. The van der Waals surface area contributed by atoms with Crippen LogP contribution in [0.5, 0.6) is 0 Å². The molecule has 0 aromatic rings. The first-order valence-electron chi connectivity index (χ1n) is 5.68. The van der Waals surface area contributed by atoms with E-state index in [1.807, 2.05) is 0 Å². The van der Waals surface area contributed by atoms with E-state index in [0.717, 1.165) is 12.1 Å². The Morgan fingerprint density at radius 3 is 1.93 bits per heavy atom. The summed E-state index contributed by atoms with van der Waals surface area (Å²) in [6.45, 7) is 2.59. The van der Waals surface area contributed by atoms with Crippen LogP contribution in [0.1, 0.15) is 32.1 Å². The van der Waals surface area contributed by atoms with Crippen LogP contribution in [0.2, 0.25) is 0 Å². The molecule has 2 fully saturated rings. The topological polar surface area (TPSA) is 6.48 Å². The van der Waals surface area contributed by atoms with E-state index < -0.39 is 0 Å². The van der Waals surface area contributed by atoms with Gasteiger partial charge in [0, 0.05) is 12.1 Å². The molecule has 84 valence electrons. The third kappa shape index (κ3) is 2.45. The number of rotatable bonds is 2. The largest absolute Gasteiger partial charge is 0.306 e. The number of likely N-dealkylation sites (tertiary alicyclic amines) is 1. The molecule has 1 saturated heterocycles. The standard InChI is InChI=1S/C11H22N2.FH/c1-12-8-6-11(7-9-12)13(2)10-4-3-5-10;/h10-11H,3-9H2,1-2H3;1H. The van der Waals surface area contributed by atoms with Crippen molar-refractivity contribution in [2.75, 3.05) is 27.2 Å². The zero-order chi connectivity index (χ0) is 9.26. The molecule has 1 aliphatic carbocycles. The van der Waals surface area contributed by atoms with Crippen molar-refractivity contribution < 1.29 is 4.70 Å². The number of piperidine rings is 1. The molecule has 0 amide bonds. The molecular formula is C11H23FN2. The molecule has 0 aromatic heterocycles. The summed E-state index contributed by atoms with van der Waals surface area (Å²) in [4.78, 5) is 5.10. The molecular weight excluding hydrogens is 179 g/mol. The van der Waals surface area contributed by atoms with Crippen LogP contribution in [0, 0.1) is 0 Å². The van der Waals surface area contributed by atoms with Gasteiger partial charge in [-0.05, 0) is 52.9 Å². The minimum absolute atomic E-state index is 0. The van der Waals surface area contributed by atoms with Crippen LogP contribution in [0.15, 0.2) is 0 Å². The maximum absolute atomic E-state index is 2.65. The Labute approximate surface area is 86.6 Å². The van der Waals surface area contributed by atoms with Gasteiger partial charge in [-0.25, -0.2) is 0 Å². The molecule has 14 heavy (non-hydrogen) atoms. The van der Waals surface area contributed by atoms with Crippen LogP contribution >= 0.6 is 0 Å². The van der Waals surface area contributed by atoms with E-state index >= 15 is 0 Å². The highest BCUT2D eigenvalue weighted by atomic mass is 19.0. The maximum Gasteiger partial charge on any atom is 0.0119 e. The fraction of sp³-hybridized carbons (Fsp3) is 1.00. The molecule has 2 nitrogen and oxygen atoms in total. The highest BCUT2D eigenvalue weighted by Crippen LogP contribution is 2.27. The first-order valence-corrected chi connectivity index (χ1v) is 5.68. The predicted molar refractivity (Wildman–Crippen MR) is 58.4 cm³/mol. The second-order valence-electron chi connectivity index (χ2n) is 4.78. The van der Waals surface area contributed by atoms with Gasteiger partial charge in [0.05, 0.1) is 0 Å². The fourth-order valence-corrected chi connectivity index (χ4v) is 2.49. The summed E-state index contributed by atoms with van der Waals surface area (Å²) < 4.78 is 0. The lowest BCUT2D eigenvalue weighted by molar-refractivity contribution is 0.0701. The summed E-state index contributed by atoms with van der Waals surface area (Å²) in [5.41, 5.74) is 0. The molecule has 1 saturated carbocycles. The van der Waals surface area contributed by atoms with Crippen molar-refractivity contribution in [3.05, 3.63) is 0 Å². The summed E-state index contributed by atoms with van der Waals surface area (Å²) >= 11 is 0. The molecule has 1 aliphatic heterocycles. The predicted octanol–water partition coefficient (Wildman–Crippen LogP) is 1.72. The van der Waals surface area contributed by atoms with Crippen LogP contribution < -0.4 is 0 Å². The van der Waals surface area contributed by atoms with Gasteiger partial charge in [-0.15, -0.1) is 0 Å². The average Bonchev–Trinajstić information content (AvgIpc) is 2.02. The van der Waals surface area contributed by atoms with E-state index in [1.165, 1.54) is 45.2 Å². The SMILES string of the molecule is CN1CCC(N(C)C2CCC2)CC1.F. The third-order valence-corrected chi connectivity index (χ3v) is 3.91. The van der Waals surface area contributed by atoms with E-state index in [4.69, 9.17) is 0 Å². The van der Waals surface area contributed by atoms with E-state index in [-0.39, 0.29) is 4.70 Å². The van der Waals surface area contributed by atoms with Crippen LogP contribution in [-0.4, -0.2) is 49.1 Å². The Balaban J connectivity index is 0.000000980. The summed E-state index contributed by atoms with van der Waals surface area (Å²) in [5, 5.41) is 0. The van der Waals surface area contributed by atoms with Crippen LogP contribution in [-0.2, 0) is 0 Å². The Bertz CT molecular complexity index is 163. The summed E-state index contributed by atoms with van der Waals surface area (Å²) in [5.74, 6) is 0. The molecule has 0 spiro atoms. The highest BCUT2D eigenvalue weighted by Gasteiger charge is 2.28. The second-order valence-corrected chi connectivity index (χ2v) is 4.78. The van der Waals surface area contributed by atoms with Gasteiger partial charge in [0.2, 0.25) is 0 Å². The Morgan fingerprint density at radius 2 is 1.50 bits per heavy atom. The van der Waals surface area contributed by atoms with Crippen molar-refractivity contribution in [1.82, 2.24) is 9.80 Å². The summed E-state index contributed by atoms with van der Waals surface area (Å²) in [6.07, 6.45) is 7.11. The van der Waals surface area contributed by atoms with Crippen molar-refractivity contribution >= 4 is 0 Å². The number of nitrogens with zero attached hydrogens (tertiary/aromatic N) is 2. The summed E-state index contributed by atoms with van der Waals surface area (Å²) in [7, 11) is 4.57. The Hall–Kier alpha value is -0.150. The number of halogens is 1. The Kier molecular flexibility index (Phi) is 4.32. The minimum atomic E-state index is 0. The van der Waals surface area contributed by atoms with Crippen molar-refractivity contribution in [1.29, 1.82) is 0 Å². The van der Waals surface area contributed by atoms with Gasteiger partial charge in [0.1, 0.15) is 0 Å². The van der Waals surface area contributed by atoms with E-state index in [2.05, 4.69) is 23.9 Å².